The van der Waals surface area contributed by atoms with Crippen LogP contribution in [-0.4, -0.2) is 81.3 Å². The summed E-state index contributed by atoms with van der Waals surface area (Å²) in [5.74, 6) is -0.720. The van der Waals surface area contributed by atoms with Crippen molar-refractivity contribution in [3.63, 3.8) is 0 Å². The van der Waals surface area contributed by atoms with Gasteiger partial charge in [0.15, 0.2) is 6.29 Å². The fraction of sp³-hybridized carbons (Fsp3) is 0.857. The second kappa shape index (κ2) is 8.08. The third-order valence-electron chi connectivity index (χ3n) is 3.34. The van der Waals surface area contributed by atoms with Crippen LogP contribution in [-0.2, 0) is 14.3 Å². The van der Waals surface area contributed by atoms with E-state index in [4.69, 9.17) is 14.6 Å². The molecule has 0 aromatic carbocycles. The van der Waals surface area contributed by atoms with Gasteiger partial charge in [-0.3, -0.25) is 4.79 Å². The standard InChI is InChI=1S/C14H26N2O8/c1-6(15-13(22)24-14(2,3)4)11(20)16-8-10(19)9(18)7(5-17)23-12(8)21/h6-10,12,17-19,21H,5H2,1-4H3,(H,15,22)(H,16,20)/t6-,7?,8?,9+,10-,12+/m0/s1. The Morgan fingerprint density at radius 3 is 2.29 bits per heavy atom. The summed E-state index contributed by atoms with van der Waals surface area (Å²) in [5.41, 5.74) is -0.729. The Morgan fingerprint density at radius 2 is 1.79 bits per heavy atom. The molecular formula is C14H26N2O8. The van der Waals surface area contributed by atoms with Crippen LogP contribution in [0.5, 0.6) is 0 Å². The van der Waals surface area contributed by atoms with Crippen molar-refractivity contribution in [1.29, 1.82) is 0 Å². The van der Waals surface area contributed by atoms with E-state index < -0.39 is 60.9 Å². The Kier molecular flexibility index (Phi) is 6.93. The zero-order chi connectivity index (χ0) is 18.7. The first kappa shape index (κ1) is 20.6. The highest BCUT2D eigenvalue weighted by molar-refractivity contribution is 5.85. The van der Waals surface area contributed by atoms with Gasteiger partial charge in [0, 0.05) is 0 Å². The number of carbonyl (C=O) groups is 2. The number of aliphatic hydroxyl groups is 4. The highest BCUT2D eigenvalue weighted by Crippen LogP contribution is 2.19. The lowest BCUT2D eigenvalue weighted by Gasteiger charge is -2.40. The van der Waals surface area contributed by atoms with Gasteiger partial charge in [0.1, 0.15) is 36.0 Å². The molecule has 2 unspecified atom stereocenters. The maximum atomic E-state index is 12.1. The van der Waals surface area contributed by atoms with Gasteiger partial charge in [0.2, 0.25) is 5.91 Å². The predicted molar refractivity (Wildman–Crippen MR) is 80.7 cm³/mol. The summed E-state index contributed by atoms with van der Waals surface area (Å²) in [6.45, 7) is 5.79. The molecule has 1 rings (SSSR count). The quantitative estimate of drug-likeness (QED) is 0.334. The number of aliphatic hydroxyl groups excluding tert-OH is 4. The third kappa shape index (κ3) is 5.56. The van der Waals surface area contributed by atoms with Crippen LogP contribution < -0.4 is 10.6 Å². The third-order valence-corrected chi connectivity index (χ3v) is 3.34. The fourth-order valence-electron chi connectivity index (χ4n) is 2.09. The molecule has 24 heavy (non-hydrogen) atoms. The van der Waals surface area contributed by atoms with Crippen LogP contribution in [0.4, 0.5) is 4.79 Å². The van der Waals surface area contributed by atoms with Crippen LogP contribution in [0.1, 0.15) is 27.7 Å². The van der Waals surface area contributed by atoms with Crippen LogP contribution in [0, 0.1) is 0 Å². The number of nitrogens with one attached hydrogen (secondary N) is 2. The molecule has 6 atom stereocenters. The molecule has 0 bridgehead atoms. The normalized spacial score (nSPS) is 31.9. The fourth-order valence-corrected chi connectivity index (χ4v) is 2.09. The maximum absolute atomic E-state index is 12.1. The number of carbonyl (C=O) groups excluding carboxylic acids is 2. The average molecular weight is 350 g/mol. The number of hydrogen-bond donors (Lipinski definition) is 6. The molecule has 1 saturated heterocycles. The first-order chi connectivity index (χ1) is 11.0. The van der Waals surface area contributed by atoms with E-state index in [1.165, 1.54) is 6.92 Å². The molecule has 0 aromatic heterocycles. The van der Waals surface area contributed by atoms with E-state index in [9.17, 15) is 24.9 Å². The minimum atomic E-state index is -1.63. The van der Waals surface area contributed by atoms with Crippen molar-refractivity contribution in [2.75, 3.05) is 6.61 Å². The minimum absolute atomic E-state index is 0.605. The van der Waals surface area contributed by atoms with Crippen LogP contribution in [0.25, 0.3) is 0 Å². The van der Waals surface area contributed by atoms with Crippen LogP contribution in [0.2, 0.25) is 0 Å². The molecule has 0 saturated carbocycles. The van der Waals surface area contributed by atoms with Crippen molar-refractivity contribution in [3.05, 3.63) is 0 Å². The number of rotatable bonds is 4. The molecule has 10 heteroatoms. The summed E-state index contributed by atoms with van der Waals surface area (Å²) >= 11 is 0. The molecule has 1 aliphatic rings. The van der Waals surface area contributed by atoms with E-state index in [1.54, 1.807) is 20.8 Å². The second-order valence-electron chi connectivity index (χ2n) is 6.63. The topological polar surface area (TPSA) is 158 Å². The van der Waals surface area contributed by atoms with E-state index in [2.05, 4.69) is 10.6 Å². The lowest BCUT2D eigenvalue weighted by molar-refractivity contribution is -0.253. The Balaban J connectivity index is 2.61. The lowest BCUT2D eigenvalue weighted by Crippen LogP contribution is -2.65. The molecule has 140 valence electrons. The molecule has 10 nitrogen and oxygen atoms in total. The van der Waals surface area contributed by atoms with Crippen molar-refractivity contribution in [2.24, 2.45) is 0 Å². The Morgan fingerprint density at radius 1 is 1.21 bits per heavy atom. The largest absolute Gasteiger partial charge is 0.444 e. The predicted octanol–water partition coefficient (Wildman–Crippen LogP) is -2.18. The van der Waals surface area contributed by atoms with Crippen LogP contribution >= 0.6 is 0 Å². The summed E-state index contributed by atoms with van der Waals surface area (Å²) in [6, 6.07) is -2.34. The molecule has 1 aliphatic heterocycles. The van der Waals surface area contributed by atoms with Gasteiger partial charge in [-0.1, -0.05) is 0 Å². The number of amides is 2. The molecule has 2 amide bonds. The second-order valence-corrected chi connectivity index (χ2v) is 6.63. The highest BCUT2D eigenvalue weighted by Gasteiger charge is 2.44. The van der Waals surface area contributed by atoms with Crippen LogP contribution in [0.15, 0.2) is 0 Å². The van der Waals surface area contributed by atoms with E-state index in [1.807, 2.05) is 0 Å². The minimum Gasteiger partial charge on any atom is -0.444 e. The maximum Gasteiger partial charge on any atom is 0.408 e. The van der Waals surface area contributed by atoms with Crippen molar-refractivity contribution < 1.29 is 39.5 Å². The summed E-state index contributed by atoms with van der Waals surface area (Å²) in [6.07, 6.45) is -6.63. The van der Waals surface area contributed by atoms with Gasteiger partial charge in [-0.2, -0.15) is 0 Å². The van der Waals surface area contributed by atoms with Crippen molar-refractivity contribution in [1.82, 2.24) is 10.6 Å². The highest BCUT2D eigenvalue weighted by atomic mass is 16.6. The first-order valence-corrected chi connectivity index (χ1v) is 7.56. The number of alkyl carbamates (subject to hydrolysis) is 1. The monoisotopic (exact) mass is 350 g/mol. The molecular weight excluding hydrogens is 324 g/mol. The van der Waals surface area contributed by atoms with Crippen molar-refractivity contribution in [3.8, 4) is 0 Å². The summed E-state index contributed by atoms with van der Waals surface area (Å²) in [5, 5.41) is 43.1. The van der Waals surface area contributed by atoms with Gasteiger partial charge in [-0.05, 0) is 27.7 Å². The van der Waals surface area contributed by atoms with E-state index in [-0.39, 0.29) is 0 Å². The molecule has 0 radical (unpaired) electrons. The van der Waals surface area contributed by atoms with Gasteiger partial charge in [0.25, 0.3) is 0 Å². The van der Waals surface area contributed by atoms with Crippen molar-refractivity contribution >= 4 is 12.0 Å². The van der Waals surface area contributed by atoms with E-state index in [0.717, 1.165) is 0 Å². The molecule has 1 fully saturated rings. The number of hydrogen-bond acceptors (Lipinski definition) is 8. The van der Waals surface area contributed by atoms with Crippen LogP contribution in [0.3, 0.4) is 0 Å². The Labute approximate surface area is 139 Å². The smallest absolute Gasteiger partial charge is 0.408 e. The van der Waals surface area contributed by atoms with Gasteiger partial charge < -0.3 is 40.5 Å². The number of ether oxygens (including phenoxy) is 2. The zero-order valence-electron chi connectivity index (χ0n) is 14.1. The Hall–Kier alpha value is -1.46. The van der Waals surface area contributed by atoms with Gasteiger partial charge >= 0.3 is 6.09 Å². The van der Waals surface area contributed by atoms with Gasteiger partial charge in [-0.25, -0.2) is 4.79 Å². The van der Waals surface area contributed by atoms with E-state index in [0.29, 0.717) is 0 Å². The van der Waals surface area contributed by atoms with Gasteiger partial charge in [0.05, 0.1) is 6.61 Å². The summed E-state index contributed by atoms with van der Waals surface area (Å²) < 4.78 is 9.94. The van der Waals surface area contributed by atoms with Gasteiger partial charge in [-0.15, -0.1) is 0 Å². The Bertz CT molecular complexity index is 453. The molecule has 6 N–H and O–H groups in total. The molecule has 0 aromatic rings. The molecule has 0 spiro atoms. The molecule has 0 aliphatic carbocycles. The lowest BCUT2D eigenvalue weighted by atomic mass is 9.97. The SMILES string of the molecule is C[C@H](NC(=O)OC(C)(C)C)C(=O)NC1[C@H](O)OC(CO)[C@@H](O)[C@H]1O. The summed E-state index contributed by atoms with van der Waals surface area (Å²) in [7, 11) is 0. The first-order valence-electron chi connectivity index (χ1n) is 7.56. The molecule has 1 heterocycles. The van der Waals surface area contributed by atoms with E-state index >= 15 is 0 Å². The zero-order valence-corrected chi connectivity index (χ0v) is 14.1. The average Bonchev–Trinajstić information content (AvgIpc) is 2.44. The van der Waals surface area contributed by atoms with Crippen molar-refractivity contribution in [2.45, 2.75) is 70.0 Å². The summed E-state index contributed by atoms with van der Waals surface area (Å²) in [4.78, 5) is 23.7.